The fraction of sp³-hybridized carbons (Fsp3) is 0.200. The number of rotatable bonds is 5. The monoisotopic (exact) mass is 272 g/mol. The van der Waals surface area contributed by atoms with Gasteiger partial charge in [0.25, 0.3) is 5.91 Å². The van der Waals surface area contributed by atoms with Gasteiger partial charge in [0.1, 0.15) is 5.75 Å². The lowest BCUT2D eigenvalue weighted by Gasteiger charge is -2.06. The van der Waals surface area contributed by atoms with Gasteiger partial charge in [-0.1, -0.05) is 0 Å². The molecule has 0 atom stereocenters. The molecule has 2 N–H and O–H groups in total. The van der Waals surface area contributed by atoms with E-state index < -0.39 is 0 Å². The van der Waals surface area contributed by atoms with Gasteiger partial charge in [0.05, 0.1) is 19.4 Å². The molecule has 0 fully saturated rings. The van der Waals surface area contributed by atoms with Crippen molar-refractivity contribution in [1.82, 2.24) is 10.3 Å². The first-order chi connectivity index (χ1) is 9.74. The third-order valence-electron chi connectivity index (χ3n) is 2.81. The molecule has 1 amide bonds. The zero-order valence-corrected chi connectivity index (χ0v) is 11.2. The van der Waals surface area contributed by atoms with Gasteiger partial charge in [-0.25, -0.2) is 0 Å². The van der Waals surface area contributed by atoms with Crippen LogP contribution in [0.4, 0.5) is 0 Å². The van der Waals surface area contributed by atoms with Crippen molar-refractivity contribution in [3.05, 3.63) is 48.2 Å². The SMILES string of the molecule is COc1ccc(-c2cc(C(=O)NCCO)ccn2)cc1. The Hall–Kier alpha value is -2.40. The second-order valence-electron chi connectivity index (χ2n) is 4.14. The summed E-state index contributed by atoms with van der Waals surface area (Å²) in [6.07, 6.45) is 1.59. The van der Waals surface area contributed by atoms with E-state index in [2.05, 4.69) is 10.3 Å². The Morgan fingerprint density at radius 2 is 2.05 bits per heavy atom. The molecule has 1 heterocycles. The molecule has 0 saturated heterocycles. The highest BCUT2D eigenvalue weighted by Crippen LogP contribution is 2.21. The minimum Gasteiger partial charge on any atom is -0.497 e. The third kappa shape index (κ3) is 3.33. The molecule has 2 rings (SSSR count). The minimum atomic E-state index is -0.226. The first kappa shape index (κ1) is 14.0. The van der Waals surface area contributed by atoms with Crippen molar-refractivity contribution in [3.8, 4) is 17.0 Å². The molecular weight excluding hydrogens is 256 g/mol. The van der Waals surface area contributed by atoms with Crippen molar-refractivity contribution in [2.75, 3.05) is 20.3 Å². The Kier molecular flexibility index (Phi) is 4.68. The van der Waals surface area contributed by atoms with Crippen LogP contribution in [0.5, 0.6) is 5.75 Å². The predicted molar refractivity (Wildman–Crippen MR) is 75.6 cm³/mol. The third-order valence-corrected chi connectivity index (χ3v) is 2.81. The van der Waals surface area contributed by atoms with Crippen molar-refractivity contribution < 1.29 is 14.6 Å². The maximum Gasteiger partial charge on any atom is 0.251 e. The Bertz CT molecular complexity index is 582. The first-order valence-corrected chi connectivity index (χ1v) is 6.24. The molecule has 0 bridgehead atoms. The van der Waals surface area contributed by atoms with Gasteiger partial charge in [-0.15, -0.1) is 0 Å². The van der Waals surface area contributed by atoms with E-state index in [0.29, 0.717) is 11.3 Å². The number of aliphatic hydroxyl groups is 1. The van der Waals surface area contributed by atoms with Gasteiger partial charge < -0.3 is 15.2 Å². The molecule has 0 aliphatic carbocycles. The van der Waals surface area contributed by atoms with Crippen molar-refractivity contribution >= 4 is 5.91 Å². The van der Waals surface area contributed by atoms with Gasteiger partial charge in [-0.3, -0.25) is 9.78 Å². The van der Waals surface area contributed by atoms with E-state index >= 15 is 0 Å². The number of carbonyl (C=O) groups excluding carboxylic acids is 1. The molecule has 0 unspecified atom stereocenters. The van der Waals surface area contributed by atoms with Crippen molar-refractivity contribution in [2.45, 2.75) is 0 Å². The van der Waals surface area contributed by atoms with E-state index in [9.17, 15) is 4.79 Å². The molecule has 5 nitrogen and oxygen atoms in total. The van der Waals surface area contributed by atoms with Crippen molar-refractivity contribution in [3.63, 3.8) is 0 Å². The maximum atomic E-state index is 11.8. The lowest BCUT2D eigenvalue weighted by molar-refractivity contribution is 0.0944. The molecule has 0 aliphatic heterocycles. The number of nitrogens with one attached hydrogen (secondary N) is 1. The average Bonchev–Trinajstić information content (AvgIpc) is 2.52. The Morgan fingerprint density at radius 3 is 2.70 bits per heavy atom. The minimum absolute atomic E-state index is 0.0812. The summed E-state index contributed by atoms with van der Waals surface area (Å²) >= 11 is 0. The number of benzene rings is 1. The number of pyridine rings is 1. The molecule has 2 aromatic rings. The van der Waals surface area contributed by atoms with Gasteiger partial charge in [0.2, 0.25) is 0 Å². The quantitative estimate of drug-likeness (QED) is 0.865. The van der Waals surface area contributed by atoms with Crippen LogP contribution in [0.1, 0.15) is 10.4 Å². The van der Waals surface area contributed by atoms with E-state index in [0.717, 1.165) is 11.3 Å². The predicted octanol–water partition coefficient (Wildman–Crippen LogP) is 1.48. The van der Waals surface area contributed by atoms with Gasteiger partial charge in [0, 0.05) is 23.9 Å². The molecule has 104 valence electrons. The summed E-state index contributed by atoms with van der Waals surface area (Å²) in [6.45, 7) is 0.154. The molecule has 0 radical (unpaired) electrons. The molecule has 0 spiro atoms. The van der Waals surface area contributed by atoms with Crippen LogP contribution in [0, 0.1) is 0 Å². The average molecular weight is 272 g/mol. The normalized spacial score (nSPS) is 10.1. The summed E-state index contributed by atoms with van der Waals surface area (Å²) in [4.78, 5) is 16.1. The Balaban J connectivity index is 2.22. The topological polar surface area (TPSA) is 71.5 Å². The summed E-state index contributed by atoms with van der Waals surface area (Å²) in [5.41, 5.74) is 2.13. The number of methoxy groups -OCH3 is 1. The number of hydrogen-bond acceptors (Lipinski definition) is 4. The fourth-order valence-corrected chi connectivity index (χ4v) is 1.76. The number of aliphatic hydroxyl groups excluding tert-OH is 1. The van der Waals surface area contributed by atoms with Crippen molar-refractivity contribution in [2.24, 2.45) is 0 Å². The number of amides is 1. The summed E-state index contributed by atoms with van der Waals surface area (Å²) < 4.78 is 5.10. The maximum absolute atomic E-state index is 11.8. The molecule has 0 aliphatic rings. The largest absolute Gasteiger partial charge is 0.497 e. The second kappa shape index (κ2) is 6.68. The molecule has 0 saturated carbocycles. The molecule has 5 heteroatoms. The lowest BCUT2D eigenvalue weighted by Crippen LogP contribution is -2.26. The van der Waals surface area contributed by atoms with E-state index in [-0.39, 0.29) is 19.1 Å². The smallest absolute Gasteiger partial charge is 0.251 e. The number of hydrogen-bond donors (Lipinski definition) is 2. The molecular formula is C15H16N2O3. The molecule has 20 heavy (non-hydrogen) atoms. The van der Waals surface area contributed by atoms with Crippen LogP contribution in [0.2, 0.25) is 0 Å². The zero-order chi connectivity index (χ0) is 14.4. The molecule has 1 aromatic carbocycles. The highest BCUT2D eigenvalue weighted by Gasteiger charge is 2.07. The lowest BCUT2D eigenvalue weighted by atomic mass is 10.1. The fourth-order valence-electron chi connectivity index (χ4n) is 1.76. The van der Waals surface area contributed by atoms with E-state index in [1.807, 2.05) is 24.3 Å². The van der Waals surface area contributed by atoms with Crippen LogP contribution in [0.3, 0.4) is 0 Å². The standard InChI is InChI=1S/C15H16N2O3/c1-20-13-4-2-11(3-5-13)14-10-12(6-7-16-14)15(19)17-8-9-18/h2-7,10,18H,8-9H2,1H3,(H,17,19). The highest BCUT2D eigenvalue weighted by atomic mass is 16.5. The molecule has 1 aromatic heterocycles. The van der Waals surface area contributed by atoms with Crippen LogP contribution in [-0.2, 0) is 0 Å². The van der Waals surface area contributed by atoms with Gasteiger partial charge >= 0.3 is 0 Å². The van der Waals surface area contributed by atoms with E-state index in [1.165, 1.54) is 0 Å². The Morgan fingerprint density at radius 1 is 1.30 bits per heavy atom. The van der Waals surface area contributed by atoms with E-state index in [4.69, 9.17) is 9.84 Å². The van der Waals surface area contributed by atoms with Gasteiger partial charge in [-0.2, -0.15) is 0 Å². The van der Waals surface area contributed by atoms with E-state index in [1.54, 1.807) is 25.4 Å². The van der Waals surface area contributed by atoms with Crippen LogP contribution < -0.4 is 10.1 Å². The van der Waals surface area contributed by atoms with Crippen LogP contribution in [0.25, 0.3) is 11.3 Å². The van der Waals surface area contributed by atoms with Gasteiger partial charge in [0.15, 0.2) is 0 Å². The number of carbonyl (C=O) groups is 1. The Labute approximate surface area is 117 Å². The zero-order valence-electron chi connectivity index (χ0n) is 11.2. The summed E-state index contributed by atoms with van der Waals surface area (Å²) in [5.74, 6) is 0.543. The summed E-state index contributed by atoms with van der Waals surface area (Å²) in [7, 11) is 1.61. The highest BCUT2D eigenvalue weighted by molar-refractivity contribution is 5.95. The van der Waals surface area contributed by atoms with Crippen LogP contribution in [0.15, 0.2) is 42.6 Å². The second-order valence-corrected chi connectivity index (χ2v) is 4.14. The van der Waals surface area contributed by atoms with Crippen molar-refractivity contribution in [1.29, 1.82) is 0 Å². The summed E-state index contributed by atoms with van der Waals surface area (Å²) in [6, 6.07) is 10.8. The van der Waals surface area contributed by atoms with Crippen LogP contribution in [-0.4, -0.2) is 36.3 Å². The first-order valence-electron chi connectivity index (χ1n) is 6.24. The van der Waals surface area contributed by atoms with Gasteiger partial charge in [-0.05, 0) is 36.4 Å². The number of ether oxygens (including phenoxy) is 1. The summed E-state index contributed by atoms with van der Waals surface area (Å²) in [5, 5.41) is 11.3. The van der Waals surface area contributed by atoms with Crippen LogP contribution >= 0.6 is 0 Å². The number of aromatic nitrogens is 1. The number of nitrogens with zero attached hydrogens (tertiary/aromatic N) is 1.